The van der Waals surface area contributed by atoms with Gasteiger partial charge in [0.05, 0.1) is 12.1 Å². The van der Waals surface area contributed by atoms with Crippen molar-refractivity contribution in [2.75, 3.05) is 5.32 Å². The average Bonchev–Trinajstić information content (AvgIpc) is 2.88. The zero-order valence-corrected chi connectivity index (χ0v) is 19.9. The van der Waals surface area contributed by atoms with Gasteiger partial charge in [0.15, 0.2) is 0 Å². The molecular formula is C29H30N2O4. The number of carbonyl (C=O) groups excluding carboxylic acids is 1. The number of ether oxygens (including phenoxy) is 1. The first kappa shape index (κ1) is 24.2. The van der Waals surface area contributed by atoms with Crippen LogP contribution in [0.2, 0.25) is 0 Å². The molecule has 180 valence electrons. The maximum absolute atomic E-state index is 13.3. The van der Waals surface area contributed by atoms with Gasteiger partial charge >= 0.3 is 5.97 Å². The number of aliphatic imine (C=N–C) groups is 1. The molecule has 1 heterocycles. The lowest BCUT2D eigenvalue weighted by molar-refractivity contribution is -0.137. The Morgan fingerprint density at radius 3 is 2.74 bits per heavy atom. The average molecular weight is 471 g/mol. The predicted octanol–water partition coefficient (Wildman–Crippen LogP) is 6.21. The topological polar surface area (TPSA) is 88.0 Å². The highest BCUT2D eigenvalue weighted by molar-refractivity contribution is 5.99. The number of carboxylic acid groups (broad SMARTS) is 1. The SMILES string of the molecule is CC(C(=O)Nc1cc(COC2=CN=CCC2)ccc1CCCC(=O)O)c1cccc2ccccc12. The van der Waals surface area contributed by atoms with Crippen molar-refractivity contribution in [3.05, 3.63) is 89.3 Å². The summed E-state index contributed by atoms with van der Waals surface area (Å²) in [5.41, 5.74) is 3.51. The minimum Gasteiger partial charge on any atom is -0.492 e. The third-order valence-corrected chi connectivity index (χ3v) is 6.22. The molecule has 0 spiro atoms. The minimum absolute atomic E-state index is 0.0827. The van der Waals surface area contributed by atoms with Gasteiger partial charge in [0.2, 0.25) is 5.91 Å². The van der Waals surface area contributed by atoms with Crippen molar-refractivity contribution < 1.29 is 19.4 Å². The van der Waals surface area contributed by atoms with Crippen LogP contribution in [0.5, 0.6) is 0 Å². The molecule has 3 aromatic rings. The first-order valence-corrected chi connectivity index (χ1v) is 12.0. The number of benzene rings is 3. The van der Waals surface area contributed by atoms with Crippen molar-refractivity contribution in [2.24, 2.45) is 4.99 Å². The monoisotopic (exact) mass is 470 g/mol. The lowest BCUT2D eigenvalue weighted by Crippen LogP contribution is -2.20. The molecule has 4 rings (SSSR count). The van der Waals surface area contributed by atoms with Crippen LogP contribution >= 0.6 is 0 Å². The van der Waals surface area contributed by atoms with Crippen LogP contribution in [0.3, 0.4) is 0 Å². The fourth-order valence-corrected chi connectivity index (χ4v) is 4.26. The Morgan fingerprint density at radius 1 is 1.11 bits per heavy atom. The van der Waals surface area contributed by atoms with E-state index >= 15 is 0 Å². The van der Waals surface area contributed by atoms with E-state index in [1.54, 1.807) is 6.20 Å². The summed E-state index contributed by atoms with van der Waals surface area (Å²) in [5.74, 6) is -0.455. The fourth-order valence-electron chi connectivity index (χ4n) is 4.26. The standard InChI is InChI=1S/C29H30N2O4/c1-20(25-12-4-8-22-7-2-3-11-26(22)25)29(34)31-27-17-21(19-35-24-10-6-16-30-18-24)14-15-23(27)9-5-13-28(32)33/h2-4,7-8,11-12,14-18,20H,5-6,9-10,13,19H2,1H3,(H,31,34)(H,32,33). The van der Waals surface area contributed by atoms with Gasteiger partial charge in [-0.05, 0) is 59.7 Å². The van der Waals surface area contributed by atoms with Crippen molar-refractivity contribution in [1.82, 2.24) is 0 Å². The number of anilines is 1. The largest absolute Gasteiger partial charge is 0.492 e. The number of aliphatic carboxylic acids is 1. The molecule has 1 amide bonds. The van der Waals surface area contributed by atoms with Gasteiger partial charge in [0.25, 0.3) is 0 Å². The van der Waals surface area contributed by atoms with Crippen LogP contribution in [-0.4, -0.2) is 23.2 Å². The zero-order valence-electron chi connectivity index (χ0n) is 19.9. The Bertz CT molecular complexity index is 1270. The van der Waals surface area contributed by atoms with E-state index in [2.05, 4.69) is 10.3 Å². The molecule has 1 atom stereocenters. The number of fused-ring (bicyclic) bond motifs is 1. The molecule has 0 bridgehead atoms. The molecule has 2 N–H and O–H groups in total. The Morgan fingerprint density at radius 2 is 1.94 bits per heavy atom. The Labute approximate surface area is 205 Å². The summed E-state index contributed by atoms with van der Waals surface area (Å²) >= 11 is 0. The number of nitrogens with zero attached hydrogens (tertiary/aromatic N) is 1. The van der Waals surface area contributed by atoms with E-state index in [1.165, 1.54) is 0 Å². The van der Waals surface area contributed by atoms with Crippen molar-refractivity contribution >= 4 is 34.6 Å². The molecule has 1 aliphatic rings. The van der Waals surface area contributed by atoms with E-state index in [4.69, 9.17) is 9.84 Å². The second-order valence-corrected chi connectivity index (χ2v) is 8.77. The number of nitrogens with one attached hydrogen (secondary N) is 1. The van der Waals surface area contributed by atoms with Crippen molar-refractivity contribution in [1.29, 1.82) is 0 Å². The summed E-state index contributed by atoms with van der Waals surface area (Å²) in [6.07, 6.45) is 6.43. The summed E-state index contributed by atoms with van der Waals surface area (Å²) in [6.45, 7) is 2.28. The highest BCUT2D eigenvalue weighted by Gasteiger charge is 2.19. The van der Waals surface area contributed by atoms with E-state index in [9.17, 15) is 9.59 Å². The molecule has 35 heavy (non-hydrogen) atoms. The summed E-state index contributed by atoms with van der Waals surface area (Å²) in [4.78, 5) is 28.5. The van der Waals surface area contributed by atoms with Gasteiger partial charge in [-0.25, -0.2) is 0 Å². The maximum atomic E-state index is 13.3. The van der Waals surface area contributed by atoms with Crippen LogP contribution in [-0.2, 0) is 27.4 Å². The van der Waals surface area contributed by atoms with Gasteiger partial charge in [-0.2, -0.15) is 0 Å². The van der Waals surface area contributed by atoms with Gasteiger partial charge < -0.3 is 15.2 Å². The Kier molecular flexibility index (Phi) is 7.93. The van der Waals surface area contributed by atoms with Crippen LogP contribution in [0.15, 0.2) is 77.6 Å². The van der Waals surface area contributed by atoms with Crippen LogP contribution < -0.4 is 5.32 Å². The molecule has 0 saturated carbocycles. The number of hydrogen-bond donors (Lipinski definition) is 2. The number of hydrogen-bond acceptors (Lipinski definition) is 4. The number of amides is 1. The van der Waals surface area contributed by atoms with Crippen molar-refractivity contribution in [3.63, 3.8) is 0 Å². The fraction of sp³-hybridized carbons (Fsp3) is 0.276. The van der Waals surface area contributed by atoms with E-state index in [-0.39, 0.29) is 18.2 Å². The number of rotatable bonds is 10. The van der Waals surface area contributed by atoms with Crippen molar-refractivity contribution in [2.45, 2.75) is 51.6 Å². The van der Waals surface area contributed by atoms with Gasteiger partial charge in [-0.15, -0.1) is 0 Å². The first-order chi connectivity index (χ1) is 17.0. The normalized spacial score (nSPS) is 13.8. The molecule has 0 aliphatic carbocycles. The molecule has 0 saturated heterocycles. The van der Waals surface area contributed by atoms with Gasteiger partial charge in [-0.1, -0.05) is 54.6 Å². The molecule has 0 fully saturated rings. The molecule has 6 heteroatoms. The zero-order chi connectivity index (χ0) is 24.6. The number of aryl methyl sites for hydroxylation is 1. The molecule has 3 aromatic carbocycles. The van der Waals surface area contributed by atoms with Crippen LogP contribution in [0.25, 0.3) is 10.8 Å². The summed E-state index contributed by atoms with van der Waals surface area (Å²) < 4.78 is 5.90. The van der Waals surface area contributed by atoms with E-state index in [1.807, 2.05) is 73.8 Å². The van der Waals surface area contributed by atoms with E-state index in [0.717, 1.165) is 46.1 Å². The highest BCUT2D eigenvalue weighted by Crippen LogP contribution is 2.28. The quantitative estimate of drug-likeness (QED) is 0.369. The highest BCUT2D eigenvalue weighted by atomic mass is 16.5. The van der Waals surface area contributed by atoms with Crippen LogP contribution in [0, 0.1) is 0 Å². The third kappa shape index (κ3) is 6.35. The molecule has 1 unspecified atom stereocenters. The molecule has 0 radical (unpaired) electrons. The van der Waals surface area contributed by atoms with E-state index in [0.29, 0.717) is 25.1 Å². The maximum Gasteiger partial charge on any atom is 0.303 e. The number of allylic oxidation sites excluding steroid dienone is 1. The summed E-state index contributed by atoms with van der Waals surface area (Å²) in [5, 5.41) is 14.3. The van der Waals surface area contributed by atoms with Crippen molar-refractivity contribution in [3.8, 4) is 0 Å². The molecule has 1 aliphatic heterocycles. The molecule has 0 aromatic heterocycles. The molecular weight excluding hydrogens is 440 g/mol. The van der Waals surface area contributed by atoms with Gasteiger partial charge in [0, 0.05) is 24.7 Å². The van der Waals surface area contributed by atoms with Gasteiger partial charge in [-0.3, -0.25) is 14.6 Å². The Balaban J connectivity index is 1.54. The van der Waals surface area contributed by atoms with E-state index < -0.39 is 5.97 Å². The Hall–Kier alpha value is -3.93. The minimum atomic E-state index is -0.825. The van der Waals surface area contributed by atoms with Crippen LogP contribution in [0.1, 0.15) is 55.2 Å². The third-order valence-electron chi connectivity index (χ3n) is 6.22. The summed E-state index contributed by atoms with van der Waals surface area (Å²) in [6, 6.07) is 19.9. The lowest BCUT2D eigenvalue weighted by atomic mass is 9.94. The summed E-state index contributed by atoms with van der Waals surface area (Å²) in [7, 11) is 0. The second-order valence-electron chi connectivity index (χ2n) is 8.77. The van der Waals surface area contributed by atoms with Crippen LogP contribution in [0.4, 0.5) is 5.69 Å². The second kappa shape index (κ2) is 11.5. The number of carboxylic acids is 1. The first-order valence-electron chi connectivity index (χ1n) is 12.0. The predicted molar refractivity (Wildman–Crippen MR) is 139 cm³/mol. The number of carbonyl (C=O) groups is 2. The van der Waals surface area contributed by atoms with Gasteiger partial charge in [0.1, 0.15) is 12.4 Å². The smallest absolute Gasteiger partial charge is 0.303 e. The molecule has 6 nitrogen and oxygen atoms in total. The lowest BCUT2D eigenvalue weighted by Gasteiger charge is -2.18.